The number of aliphatic hydroxyl groups excluding tert-OH is 1. The van der Waals surface area contributed by atoms with Crippen LogP contribution >= 0.6 is 0 Å². The van der Waals surface area contributed by atoms with Crippen molar-refractivity contribution in [1.82, 2.24) is 25.3 Å². The summed E-state index contributed by atoms with van der Waals surface area (Å²) in [5, 5.41) is 16.7. The third kappa shape index (κ3) is 15.7. The Labute approximate surface area is 389 Å². The molecule has 2 aliphatic carbocycles. The fraction of sp³-hybridized carbons (Fsp3) is 0.731. The lowest BCUT2D eigenvalue weighted by Gasteiger charge is -2.34. The van der Waals surface area contributed by atoms with Crippen LogP contribution < -0.4 is 20.1 Å². The smallest absolute Gasteiger partial charge is 0.407 e. The van der Waals surface area contributed by atoms with E-state index in [4.69, 9.17) is 23.7 Å². The van der Waals surface area contributed by atoms with Crippen molar-refractivity contribution in [3.05, 3.63) is 59.7 Å². The zero-order valence-corrected chi connectivity index (χ0v) is 40.4. The molecular weight excluding hydrogens is 823 g/mol. The van der Waals surface area contributed by atoms with Crippen molar-refractivity contribution < 1.29 is 38.4 Å². The molecule has 65 heavy (non-hydrogen) atoms. The van der Waals surface area contributed by atoms with Crippen LogP contribution in [0.3, 0.4) is 0 Å². The highest BCUT2D eigenvalue weighted by atomic mass is 16.6. The summed E-state index contributed by atoms with van der Waals surface area (Å²) in [5.41, 5.74) is 2.07. The minimum Gasteiger partial charge on any atom is -0.491 e. The van der Waals surface area contributed by atoms with Gasteiger partial charge in [-0.15, -0.1) is 0 Å². The lowest BCUT2D eigenvalue weighted by molar-refractivity contribution is 0.0108. The van der Waals surface area contributed by atoms with Crippen molar-refractivity contribution in [2.24, 2.45) is 11.8 Å². The molecule has 3 saturated heterocycles. The first kappa shape index (κ1) is 49.3. The molecular formula is C52H81N5O8. The molecule has 362 valence electrons. The first-order valence-electron chi connectivity index (χ1n) is 25.2. The number of nitrogens with zero attached hydrogens (tertiary/aromatic N) is 3. The molecule has 9 atom stereocenters. The number of ether oxygens (including phenoxy) is 5. The van der Waals surface area contributed by atoms with Gasteiger partial charge in [0.2, 0.25) is 0 Å². The number of hydrogen-bond acceptors (Lipinski definition) is 11. The quantitative estimate of drug-likeness (QED) is 0.0668. The van der Waals surface area contributed by atoms with Gasteiger partial charge in [-0.1, -0.05) is 51.5 Å². The summed E-state index contributed by atoms with van der Waals surface area (Å²) in [5.74, 6) is 2.85. The van der Waals surface area contributed by atoms with Crippen molar-refractivity contribution in [2.45, 2.75) is 166 Å². The fourth-order valence-corrected chi connectivity index (χ4v) is 9.94. The number of alkyl carbamates (subject to hydrolysis) is 2. The van der Waals surface area contributed by atoms with E-state index in [1.54, 1.807) is 0 Å². The molecule has 13 nitrogen and oxygen atoms in total. The van der Waals surface area contributed by atoms with Gasteiger partial charge in [0.05, 0.1) is 6.61 Å². The van der Waals surface area contributed by atoms with Crippen LogP contribution in [-0.2, 0) is 19.6 Å². The first-order valence-corrected chi connectivity index (χ1v) is 25.2. The van der Waals surface area contributed by atoms with Gasteiger partial charge in [0, 0.05) is 81.5 Å². The van der Waals surface area contributed by atoms with Crippen LogP contribution in [0.25, 0.3) is 0 Å². The average molecular weight is 904 g/mol. The van der Waals surface area contributed by atoms with E-state index in [9.17, 15) is 14.7 Å². The van der Waals surface area contributed by atoms with E-state index >= 15 is 0 Å². The predicted molar refractivity (Wildman–Crippen MR) is 254 cm³/mol. The topological polar surface area (TPSA) is 134 Å². The van der Waals surface area contributed by atoms with Gasteiger partial charge < -0.3 is 39.4 Å². The van der Waals surface area contributed by atoms with Crippen LogP contribution in [0, 0.1) is 11.8 Å². The molecule has 2 saturated carbocycles. The van der Waals surface area contributed by atoms with Gasteiger partial charge in [0.25, 0.3) is 0 Å². The summed E-state index contributed by atoms with van der Waals surface area (Å²) in [6.07, 6.45) is 9.94. The number of nitrogens with one attached hydrogen (secondary N) is 2. The molecule has 0 spiro atoms. The number of carbonyl (C=O) groups is 2. The zero-order chi connectivity index (χ0) is 45.9. The van der Waals surface area contributed by atoms with Crippen molar-refractivity contribution in [2.75, 3.05) is 65.7 Å². The molecule has 0 radical (unpaired) electrons. The Balaban J connectivity index is 0.785. The molecule has 3 aliphatic heterocycles. The number of amides is 2. The van der Waals surface area contributed by atoms with Crippen LogP contribution in [0.4, 0.5) is 9.59 Å². The molecule has 13 heteroatoms. The number of β-amino-alcohol motifs (C(OH)–C–C–N with tert-alkyl or cyclic N) is 1. The Morgan fingerprint density at radius 1 is 0.646 bits per heavy atom. The highest BCUT2D eigenvalue weighted by Crippen LogP contribution is 2.36. The minimum atomic E-state index is -0.500. The van der Waals surface area contributed by atoms with E-state index in [2.05, 4.69) is 91.1 Å². The maximum Gasteiger partial charge on any atom is 0.407 e. The lowest BCUT2D eigenvalue weighted by atomic mass is 9.76. The standard InChI is InChI=1S/C52H81N5O8/c1-7-8-25-61-34-48(31-56-28-37(56)3)64-50(59)53-43-17-9-39(10-18-43)26-40-11-19-44(20-12-40)54-51(60)65-49(32-57-29-38(57)4)35-63-47-23-15-42(16-24-47)52(5,6)41-13-21-46(22-14-41)62-33-45(58)30-55-27-36(55)2/h13-16,21-24,36-40,43-45,48-49,58H,7-12,17-20,25-35H2,1-6H3,(H,53,59)(H,54,60). The molecule has 0 bridgehead atoms. The Morgan fingerprint density at radius 2 is 1.06 bits per heavy atom. The van der Waals surface area contributed by atoms with Crippen LogP contribution in [0.1, 0.15) is 123 Å². The largest absolute Gasteiger partial charge is 0.491 e. The summed E-state index contributed by atoms with van der Waals surface area (Å²) in [6.45, 7) is 20.0. The summed E-state index contributed by atoms with van der Waals surface area (Å²) < 4.78 is 29.9. The number of rotatable bonds is 25. The van der Waals surface area contributed by atoms with Gasteiger partial charge in [0.15, 0.2) is 6.10 Å². The summed E-state index contributed by atoms with van der Waals surface area (Å²) in [4.78, 5) is 33.0. The van der Waals surface area contributed by atoms with E-state index in [-0.39, 0.29) is 55.1 Å². The minimum absolute atomic E-state index is 0.124. The van der Waals surface area contributed by atoms with Gasteiger partial charge in [0.1, 0.15) is 36.9 Å². The summed E-state index contributed by atoms with van der Waals surface area (Å²) in [7, 11) is 0. The molecule has 2 aromatic rings. The third-order valence-electron chi connectivity index (χ3n) is 14.8. The van der Waals surface area contributed by atoms with Gasteiger partial charge in [-0.25, -0.2) is 9.59 Å². The van der Waals surface area contributed by atoms with Crippen molar-refractivity contribution in [3.8, 4) is 11.5 Å². The Hall–Kier alpha value is -3.62. The number of carbonyl (C=O) groups excluding carboxylic acids is 2. The van der Waals surface area contributed by atoms with E-state index < -0.39 is 6.10 Å². The van der Waals surface area contributed by atoms with Gasteiger partial charge in [-0.2, -0.15) is 0 Å². The molecule has 5 aliphatic rings. The number of benzene rings is 2. The monoisotopic (exact) mass is 904 g/mol. The van der Waals surface area contributed by atoms with Gasteiger partial charge >= 0.3 is 12.2 Å². The van der Waals surface area contributed by atoms with Crippen molar-refractivity contribution in [1.29, 1.82) is 0 Å². The molecule has 7 rings (SSSR count). The summed E-state index contributed by atoms with van der Waals surface area (Å²) in [6, 6.07) is 18.2. The van der Waals surface area contributed by atoms with Crippen LogP contribution in [0.5, 0.6) is 11.5 Å². The number of aliphatic hydroxyl groups is 1. The maximum absolute atomic E-state index is 13.3. The van der Waals surface area contributed by atoms with E-state index in [0.29, 0.717) is 56.3 Å². The Morgan fingerprint density at radius 3 is 1.49 bits per heavy atom. The van der Waals surface area contributed by atoms with Gasteiger partial charge in [-0.05, 0) is 132 Å². The zero-order valence-electron chi connectivity index (χ0n) is 40.4. The highest BCUT2D eigenvalue weighted by Gasteiger charge is 2.36. The summed E-state index contributed by atoms with van der Waals surface area (Å²) >= 11 is 0. The predicted octanol–water partition coefficient (Wildman–Crippen LogP) is 7.76. The SMILES string of the molecule is CCCCOCC(CN1CC1C)OC(=O)NC1CCC(CC2CCC(NC(=O)OC(COc3ccc(C(C)(C)c4ccc(OCC(O)CN5CC5C)cc4)cc3)CN3CC3C)CC2)CC1. The second kappa shape index (κ2) is 23.4. The van der Waals surface area contributed by atoms with Crippen LogP contribution in [-0.4, -0.2) is 146 Å². The molecule has 2 amide bonds. The lowest BCUT2D eigenvalue weighted by Crippen LogP contribution is -2.42. The second-order valence-electron chi connectivity index (χ2n) is 20.8. The van der Waals surface area contributed by atoms with Crippen LogP contribution in [0.15, 0.2) is 48.5 Å². The van der Waals surface area contributed by atoms with Gasteiger partial charge in [-0.3, -0.25) is 14.7 Å². The average Bonchev–Trinajstić information content (AvgIpc) is 4.26. The maximum atomic E-state index is 13.3. The second-order valence-corrected chi connectivity index (χ2v) is 20.8. The highest BCUT2D eigenvalue weighted by molar-refractivity contribution is 5.68. The number of hydrogen-bond donors (Lipinski definition) is 3. The van der Waals surface area contributed by atoms with Crippen molar-refractivity contribution >= 4 is 12.2 Å². The molecule has 9 unspecified atom stereocenters. The number of unbranched alkanes of at least 4 members (excludes halogenated alkanes) is 1. The van der Waals surface area contributed by atoms with E-state index in [1.807, 2.05) is 24.3 Å². The van der Waals surface area contributed by atoms with Crippen LogP contribution in [0.2, 0.25) is 0 Å². The molecule has 2 aromatic carbocycles. The van der Waals surface area contributed by atoms with E-state index in [0.717, 1.165) is 113 Å². The first-order chi connectivity index (χ1) is 31.3. The molecule has 3 N–H and O–H groups in total. The third-order valence-corrected chi connectivity index (χ3v) is 14.8. The molecule has 5 fully saturated rings. The normalized spacial score (nSPS) is 29.7. The molecule has 3 heterocycles. The van der Waals surface area contributed by atoms with Crippen molar-refractivity contribution in [3.63, 3.8) is 0 Å². The fourth-order valence-electron chi connectivity index (χ4n) is 9.94. The van der Waals surface area contributed by atoms with E-state index in [1.165, 1.54) is 6.42 Å². The Kier molecular flexibility index (Phi) is 17.7. The molecule has 0 aromatic heterocycles. The Bertz CT molecular complexity index is 1770.